The van der Waals surface area contributed by atoms with Crippen LogP contribution < -0.4 is 10.1 Å². The Morgan fingerprint density at radius 3 is 2.77 bits per heavy atom. The monoisotopic (exact) mass is 360 g/mol. The summed E-state index contributed by atoms with van der Waals surface area (Å²) in [6.07, 6.45) is 2.17. The van der Waals surface area contributed by atoms with Crippen molar-refractivity contribution in [2.75, 3.05) is 6.61 Å². The van der Waals surface area contributed by atoms with Gasteiger partial charge in [-0.25, -0.2) is 9.48 Å². The molecule has 0 unspecified atom stereocenters. The molecule has 8 heteroatoms. The summed E-state index contributed by atoms with van der Waals surface area (Å²) in [4.78, 5) is 22.8. The van der Waals surface area contributed by atoms with E-state index in [1.807, 2.05) is 25.1 Å². The second kappa shape index (κ2) is 8.98. The molecule has 1 aromatic carbocycles. The smallest absolute Gasteiger partial charge is 0.358 e. The van der Waals surface area contributed by atoms with Gasteiger partial charge in [0.05, 0.1) is 12.8 Å². The molecule has 1 amide bonds. The van der Waals surface area contributed by atoms with Crippen LogP contribution in [-0.4, -0.2) is 38.6 Å². The number of carbonyl (C=O) groups is 2. The number of aryl methyl sites for hydroxylation is 1. The SMILES string of the molecule is Cc1ccc(CNC(=O)Cn2cc(C(=O)O)nn2)c(OCCC(C)C)c1. The number of aromatic nitrogens is 3. The molecule has 0 aliphatic rings. The van der Waals surface area contributed by atoms with Crippen molar-refractivity contribution in [2.24, 2.45) is 5.92 Å². The zero-order chi connectivity index (χ0) is 19.1. The Bertz CT molecular complexity index is 770. The summed E-state index contributed by atoms with van der Waals surface area (Å²) in [5.41, 5.74) is 1.78. The minimum atomic E-state index is -1.18. The van der Waals surface area contributed by atoms with Crippen LogP contribution in [-0.2, 0) is 17.9 Å². The number of carboxylic acid groups (broad SMARTS) is 1. The lowest BCUT2D eigenvalue weighted by molar-refractivity contribution is -0.122. The fraction of sp³-hybridized carbons (Fsp3) is 0.444. The minimum absolute atomic E-state index is 0.102. The molecular formula is C18H24N4O4. The summed E-state index contributed by atoms with van der Waals surface area (Å²) in [5, 5.41) is 18.7. The van der Waals surface area contributed by atoms with E-state index in [0.717, 1.165) is 23.3 Å². The van der Waals surface area contributed by atoms with Crippen LogP contribution in [0.25, 0.3) is 0 Å². The van der Waals surface area contributed by atoms with Crippen LogP contribution in [0.15, 0.2) is 24.4 Å². The standard InChI is InChI=1S/C18H24N4O4/c1-12(2)6-7-26-16-8-13(3)4-5-14(16)9-19-17(23)11-22-10-15(18(24)25)20-21-22/h4-5,8,10,12H,6-7,9,11H2,1-3H3,(H,19,23)(H,24,25). The van der Waals surface area contributed by atoms with Crippen LogP contribution in [0.3, 0.4) is 0 Å². The third-order valence-corrected chi connectivity index (χ3v) is 3.71. The molecule has 8 nitrogen and oxygen atoms in total. The zero-order valence-corrected chi connectivity index (χ0v) is 15.2. The Balaban J connectivity index is 1.92. The molecule has 0 atom stereocenters. The van der Waals surface area contributed by atoms with Gasteiger partial charge in [0.2, 0.25) is 5.91 Å². The number of aromatic carboxylic acids is 1. The van der Waals surface area contributed by atoms with E-state index in [1.165, 1.54) is 10.9 Å². The molecule has 1 heterocycles. The lowest BCUT2D eigenvalue weighted by Gasteiger charge is -2.14. The van der Waals surface area contributed by atoms with Gasteiger partial charge in [-0.05, 0) is 30.9 Å². The molecule has 2 N–H and O–H groups in total. The van der Waals surface area contributed by atoms with Gasteiger partial charge in [-0.1, -0.05) is 31.2 Å². The number of carbonyl (C=O) groups excluding carboxylic acids is 1. The van der Waals surface area contributed by atoms with Gasteiger partial charge < -0.3 is 15.2 Å². The van der Waals surface area contributed by atoms with Crippen molar-refractivity contribution in [3.63, 3.8) is 0 Å². The Morgan fingerprint density at radius 2 is 2.12 bits per heavy atom. The van der Waals surface area contributed by atoms with Crippen LogP contribution in [0.5, 0.6) is 5.75 Å². The maximum absolute atomic E-state index is 12.1. The molecular weight excluding hydrogens is 336 g/mol. The number of hydrogen-bond donors (Lipinski definition) is 2. The minimum Gasteiger partial charge on any atom is -0.493 e. The molecule has 2 rings (SSSR count). The molecule has 2 aromatic rings. The maximum Gasteiger partial charge on any atom is 0.358 e. The van der Waals surface area contributed by atoms with Crippen LogP contribution in [0.4, 0.5) is 0 Å². The average Bonchev–Trinajstić information content (AvgIpc) is 3.02. The van der Waals surface area contributed by atoms with Crippen LogP contribution >= 0.6 is 0 Å². The van der Waals surface area contributed by atoms with E-state index in [0.29, 0.717) is 19.1 Å². The van der Waals surface area contributed by atoms with E-state index >= 15 is 0 Å². The van der Waals surface area contributed by atoms with Gasteiger partial charge >= 0.3 is 5.97 Å². The lowest BCUT2D eigenvalue weighted by Crippen LogP contribution is -2.27. The van der Waals surface area contributed by atoms with Crippen molar-refractivity contribution in [1.82, 2.24) is 20.3 Å². The topological polar surface area (TPSA) is 106 Å². The number of carboxylic acids is 1. The number of nitrogens with zero attached hydrogens (tertiary/aromatic N) is 3. The van der Waals surface area contributed by atoms with Gasteiger partial charge in [0.15, 0.2) is 5.69 Å². The highest BCUT2D eigenvalue weighted by Gasteiger charge is 2.11. The molecule has 0 aliphatic carbocycles. The summed E-state index contributed by atoms with van der Waals surface area (Å²) >= 11 is 0. The third-order valence-electron chi connectivity index (χ3n) is 3.71. The molecule has 1 aromatic heterocycles. The molecule has 0 spiro atoms. The number of amides is 1. The van der Waals surface area contributed by atoms with Crippen LogP contribution in [0.1, 0.15) is 41.9 Å². The van der Waals surface area contributed by atoms with E-state index in [4.69, 9.17) is 9.84 Å². The molecule has 0 aliphatic heterocycles. The Labute approximate surface area is 152 Å². The highest BCUT2D eigenvalue weighted by molar-refractivity contribution is 5.84. The maximum atomic E-state index is 12.1. The zero-order valence-electron chi connectivity index (χ0n) is 15.2. The van der Waals surface area contributed by atoms with E-state index in [9.17, 15) is 9.59 Å². The molecule has 0 fully saturated rings. The highest BCUT2D eigenvalue weighted by Crippen LogP contribution is 2.21. The van der Waals surface area contributed by atoms with Gasteiger partial charge in [0.25, 0.3) is 0 Å². The third kappa shape index (κ3) is 5.87. The summed E-state index contributed by atoms with van der Waals surface area (Å²) in [6.45, 7) is 7.11. The van der Waals surface area contributed by atoms with Gasteiger partial charge in [0, 0.05) is 12.1 Å². The molecule has 0 bridgehead atoms. The van der Waals surface area contributed by atoms with Crippen molar-refractivity contribution < 1.29 is 19.4 Å². The highest BCUT2D eigenvalue weighted by atomic mass is 16.5. The van der Waals surface area contributed by atoms with E-state index in [-0.39, 0.29) is 18.1 Å². The first-order chi connectivity index (χ1) is 12.3. The average molecular weight is 360 g/mol. The summed E-state index contributed by atoms with van der Waals surface area (Å²) in [6, 6.07) is 5.85. The van der Waals surface area contributed by atoms with Crippen molar-refractivity contribution >= 4 is 11.9 Å². The fourth-order valence-electron chi connectivity index (χ4n) is 2.22. The van der Waals surface area contributed by atoms with Gasteiger partial charge in [0.1, 0.15) is 12.3 Å². The summed E-state index contributed by atoms with van der Waals surface area (Å²) < 4.78 is 7.05. The van der Waals surface area contributed by atoms with Crippen LogP contribution in [0.2, 0.25) is 0 Å². The first-order valence-electron chi connectivity index (χ1n) is 8.47. The van der Waals surface area contributed by atoms with Gasteiger partial charge in [-0.15, -0.1) is 5.10 Å². The Hall–Kier alpha value is -2.90. The number of nitrogens with one attached hydrogen (secondary N) is 1. The Morgan fingerprint density at radius 1 is 1.35 bits per heavy atom. The predicted molar refractivity (Wildman–Crippen MR) is 95.0 cm³/mol. The van der Waals surface area contributed by atoms with Crippen molar-refractivity contribution in [3.05, 3.63) is 41.2 Å². The quantitative estimate of drug-likeness (QED) is 0.709. The Kier molecular flexibility index (Phi) is 6.71. The van der Waals surface area contributed by atoms with Crippen molar-refractivity contribution in [2.45, 2.75) is 40.3 Å². The first kappa shape index (κ1) is 19.4. The molecule has 26 heavy (non-hydrogen) atoms. The molecule has 0 radical (unpaired) electrons. The fourth-order valence-corrected chi connectivity index (χ4v) is 2.22. The summed E-state index contributed by atoms with van der Waals surface area (Å²) in [5.74, 6) is -0.152. The molecule has 0 saturated heterocycles. The second-order valence-corrected chi connectivity index (χ2v) is 6.53. The predicted octanol–water partition coefficient (Wildman–Crippen LogP) is 2.03. The van der Waals surface area contributed by atoms with Gasteiger partial charge in [-0.3, -0.25) is 4.79 Å². The van der Waals surface area contributed by atoms with E-state index in [2.05, 4.69) is 29.5 Å². The van der Waals surface area contributed by atoms with E-state index in [1.54, 1.807) is 0 Å². The van der Waals surface area contributed by atoms with Crippen molar-refractivity contribution in [1.29, 1.82) is 0 Å². The largest absolute Gasteiger partial charge is 0.493 e. The second-order valence-electron chi connectivity index (χ2n) is 6.53. The normalized spacial score (nSPS) is 10.8. The molecule has 140 valence electrons. The number of ether oxygens (including phenoxy) is 1. The first-order valence-corrected chi connectivity index (χ1v) is 8.47. The lowest BCUT2D eigenvalue weighted by atomic mass is 10.1. The number of benzene rings is 1. The van der Waals surface area contributed by atoms with Crippen LogP contribution in [0, 0.1) is 12.8 Å². The van der Waals surface area contributed by atoms with Gasteiger partial charge in [-0.2, -0.15) is 0 Å². The number of rotatable bonds is 9. The summed E-state index contributed by atoms with van der Waals surface area (Å²) in [7, 11) is 0. The van der Waals surface area contributed by atoms with Crippen molar-refractivity contribution in [3.8, 4) is 5.75 Å². The van der Waals surface area contributed by atoms with E-state index < -0.39 is 5.97 Å². The number of hydrogen-bond acceptors (Lipinski definition) is 5. The molecule has 0 saturated carbocycles.